The second kappa shape index (κ2) is 7.74. The third-order valence-corrected chi connectivity index (χ3v) is 2.71. The highest BCUT2D eigenvalue weighted by Crippen LogP contribution is 2.22. The summed E-state index contributed by atoms with van der Waals surface area (Å²) in [6.07, 6.45) is 3.47. The molecule has 2 N–H and O–H groups in total. The standard InChI is InChI=1S/C13H16ClNO3/c1-18-11-5-4-10(12(14)9-11)6-8-15-7-2-3-13(16)17/h2-5,9,15H,6-8H2,1H3,(H,16,17)/b3-2+. The zero-order valence-corrected chi connectivity index (χ0v) is 10.9. The van der Waals surface area contributed by atoms with E-state index in [4.69, 9.17) is 21.4 Å². The molecule has 0 aromatic heterocycles. The maximum Gasteiger partial charge on any atom is 0.328 e. The molecule has 1 aromatic rings. The van der Waals surface area contributed by atoms with Crippen LogP contribution in [0.4, 0.5) is 0 Å². The van der Waals surface area contributed by atoms with Crippen LogP contribution in [-0.2, 0) is 11.2 Å². The lowest BCUT2D eigenvalue weighted by atomic mass is 10.1. The number of carbonyl (C=O) groups is 1. The fourth-order valence-corrected chi connectivity index (χ4v) is 1.69. The van der Waals surface area contributed by atoms with Gasteiger partial charge in [-0.15, -0.1) is 0 Å². The number of hydrogen-bond donors (Lipinski definition) is 2. The highest BCUT2D eigenvalue weighted by Gasteiger charge is 2.01. The summed E-state index contributed by atoms with van der Waals surface area (Å²) in [7, 11) is 1.60. The van der Waals surface area contributed by atoms with E-state index in [0.717, 1.165) is 30.4 Å². The Balaban J connectivity index is 2.33. The van der Waals surface area contributed by atoms with Crippen LogP contribution in [0.25, 0.3) is 0 Å². The van der Waals surface area contributed by atoms with Gasteiger partial charge in [-0.25, -0.2) is 4.79 Å². The van der Waals surface area contributed by atoms with Gasteiger partial charge in [0.2, 0.25) is 0 Å². The zero-order valence-electron chi connectivity index (χ0n) is 10.1. The normalized spacial score (nSPS) is 10.8. The van der Waals surface area contributed by atoms with E-state index in [-0.39, 0.29) is 0 Å². The number of methoxy groups -OCH3 is 1. The Bertz CT molecular complexity index is 432. The van der Waals surface area contributed by atoms with Gasteiger partial charge in [0.25, 0.3) is 0 Å². The topological polar surface area (TPSA) is 58.6 Å². The maximum absolute atomic E-state index is 10.2. The summed E-state index contributed by atoms with van der Waals surface area (Å²) in [4.78, 5) is 10.2. The van der Waals surface area contributed by atoms with Crippen LogP contribution in [0.5, 0.6) is 5.75 Å². The largest absolute Gasteiger partial charge is 0.497 e. The van der Waals surface area contributed by atoms with Gasteiger partial charge in [-0.05, 0) is 30.7 Å². The molecule has 18 heavy (non-hydrogen) atoms. The molecule has 1 rings (SSSR count). The average Bonchev–Trinajstić information content (AvgIpc) is 2.34. The van der Waals surface area contributed by atoms with Crippen molar-refractivity contribution >= 4 is 17.6 Å². The fraction of sp³-hybridized carbons (Fsp3) is 0.308. The van der Waals surface area contributed by atoms with Crippen molar-refractivity contribution in [2.75, 3.05) is 20.2 Å². The molecule has 0 aliphatic heterocycles. The Labute approximate surface area is 111 Å². The lowest BCUT2D eigenvalue weighted by molar-refractivity contribution is -0.131. The van der Waals surface area contributed by atoms with E-state index in [0.29, 0.717) is 11.6 Å². The van der Waals surface area contributed by atoms with Crippen molar-refractivity contribution in [3.8, 4) is 5.75 Å². The van der Waals surface area contributed by atoms with Crippen LogP contribution in [0.3, 0.4) is 0 Å². The third-order valence-electron chi connectivity index (χ3n) is 2.35. The van der Waals surface area contributed by atoms with Crippen molar-refractivity contribution < 1.29 is 14.6 Å². The number of nitrogens with one attached hydrogen (secondary N) is 1. The minimum atomic E-state index is -0.935. The fourth-order valence-electron chi connectivity index (χ4n) is 1.43. The molecule has 1 aromatic carbocycles. The molecular weight excluding hydrogens is 254 g/mol. The van der Waals surface area contributed by atoms with Gasteiger partial charge in [-0.2, -0.15) is 0 Å². The van der Waals surface area contributed by atoms with Crippen molar-refractivity contribution in [1.29, 1.82) is 0 Å². The van der Waals surface area contributed by atoms with E-state index in [1.165, 1.54) is 0 Å². The van der Waals surface area contributed by atoms with Gasteiger partial charge in [0.1, 0.15) is 5.75 Å². The number of rotatable bonds is 7. The average molecular weight is 270 g/mol. The van der Waals surface area contributed by atoms with Crippen molar-refractivity contribution in [3.63, 3.8) is 0 Å². The molecule has 0 bridgehead atoms. The predicted octanol–water partition coefficient (Wildman–Crippen LogP) is 2.12. The SMILES string of the molecule is COc1ccc(CCNC/C=C/C(=O)O)c(Cl)c1. The van der Waals surface area contributed by atoms with Crippen molar-refractivity contribution in [1.82, 2.24) is 5.32 Å². The highest BCUT2D eigenvalue weighted by molar-refractivity contribution is 6.31. The summed E-state index contributed by atoms with van der Waals surface area (Å²) >= 11 is 6.09. The number of halogens is 1. The van der Waals surface area contributed by atoms with Crippen molar-refractivity contribution in [2.24, 2.45) is 0 Å². The van der Waals surface area contributed by atoms with Gasteiger partial charge in [0.05, 0.1) is 7.11 Å². The number of ether oxygens (including phenoxy) is 1. The van der Waals surface area contributed by atoms with Gasteiger partial charge < -0.3 is 15.2 Å². The molecule has 0 saturated carbocycles. The monoisotopic (exact) mass is 269 g/mol. The molecule has 0 spiro atoms. The number of carboxylic acid groups (broad SMARTS) is 1. The Morgan fingerprint density at radius 3 is 2.94 bits per heavy atom. The summed E-state index contributed by atoms with van der Waals surface area (Å²) < 4.78 is 5.07. The van der Waals surface area contributed by atoms with Crippen molar-refractivity contribution in [2.45, 2.75) is 6.42 Å². The van der Waals surface area contributed by atoms with Gasteiger partial charge in [-0.1, -0.05) is 23.7 Å². The maximum atomic E-state index is 10.2. The second-order valence-electron chi connectivity index (χ2n) is 3.65. The molecule has 0 aliphatic rings. The van der Waals surface area contributed by atoms with Gasteiger partial charge in [0.15, 0.2) is 0 Å². The minimum absolute atomic E-state index is 0.528. The Hall–Kier alpha value is -1.52. The molecule has 0 fully saturated rings. The zero-order chi connectivity index (χ0) is 13.4. The minimum Gasteiger partial charge on any atom is -0.497 e. The molecule has 0 radical (unpaired) electrons. The highest BCUT2D eigenvalue weighted by atomic mass is 35.5. The lowest BCUT2D eigenvalue weighted by Crippen LogP contribution is -2.17. The first kappa shape index (κ1) is 14.5. The number of hydrogen-bond acceptors (Lipinski definition) is 3. The first-order valence-corrected chi connectivity index (χ1v) is 5.94. The van der Waals surface area contributed by atoms with Crippen LogP contribution >= 0.6 is 11.6 Å². The van der Waals surface area contributed by atoms with Crippen LogP contribution in [0.15, 0.2) is 30.4 Å². The molecule has 0 heterocycles. The van der Waals surface area contributed by atoms with Gasteiger partial charge in [0, 0.05) is 17.6 Å². The van der Waals surface area contributed by atoms with E-state index < -0.39 is 5.97 Å². The molecule has 0 amide bonds. The quantitative estimate of drug-likeness (QED) is 0.588. The molecule has 0 aliphatic carbocycles. The second-order valence-corrected chi connectivity index (χ2v) is 4.06. The Kier molecular flexibility index (Phi) is 6.25. The Morgan fingerprint density at radius 2 is 2.33 bits per heavy atom. The van der Waals surface area contributed by atoms with Crippen LogP contribution in [0.1, 0.15) is 5.56 Å². The summed E-state index contributed by atoms with van der Waals surface area (Å²) in [5.74, 6) is -0.198. The smallest absolute Gasteiger partial charge is 0.328 e. The van der Waals surface area contributed by atoms with Gasteiger partial charge >= 0.3 is 5.97 Å². The first-order valence-electron chi connectivity index (χ1n) is 5.56. The molecule has 0 unspecified atom stereocenters. The number of carboxylic acids is 1. The lowest BCUT2D eigenvalue weighted by Gasteiger charge is -2.06. The van der Waals surface area contributed by atoms with E-state index in [9.17, 15) is 4.79 Å². The van der Waals surface area contributed by atoms with E-state index in [1.54, 1.807) is 19.3 Å². The van der Waals surface area contributed by atoms with Crippen molar-refractivity contribution in [3.05, 3.63) is 40.9 Å². The summed E-state index contributed by atoms with van der Waals surface area (Å²) in [6, 6.07) is 5.57. The van der Waals surface area contributed by atoms with Crippen LogP contribution in [0.2, 0.25) is 5.02 Å². The van der Waals surface area contributed by atoms with Crippen LogP contribution in [-0.4, -0.2) is 31.3 Å². The predicted molar refractivity (Wildman–Crippen MR) is 71.4 cm³/mol. The summed E-state index contributed by atoms with van der Waals surface area (Å²) in [5.41, 5.74) is 1.03. The van der Waals surface area contributed by atoms with Crippen LogP contribution in [0, 0.1) is 0 Å². The van der Waals surface area contributed by atoms with E-state index in [1.807, 2.05) is 12.1 Å². The summed E-state index contributed by atoms with van der Waals surface area (Å²) in [5, 5.41) is 12.2. The van der Waals surface area contributed by atoms with Crippen LogP contribution < -0.4 is 10.1 Å². The Morgan fingerprint density at radius 1 is 1.56 bits per heavy atom. The molecular formula is C13H16ClNO3. The van der Waals surface area contributed by atoms with E-state index >= 15 is 0 Å². The molecule has 4 nitrogen and oxygen atoms in total. The molecule has 5 heteroatoms. The molecule has 98 valence electrons. The molecule has 0 atom stereocenters. The van der Waals surface area contributed by atoms with Gasteiger partial charge in [-0.3, -0.25) is 0 Å². The molecule has 0 saturated heterocycles. The number of benzene rings is 1. The van der Waals surface area contributed by atoms with E-state index in [2.05, 4.69) is 5.32 Å². The summed E-state index contributed by atoms with van der Waals surface area (Å²) in [6.45, 7) is 1.26. The third kappa shape index (κ3) is 5.21. The number of aliphatic carboxylic acids is 1. The first-order chi connectivity index (χ1) is 8.63.